The van der Waals surface area contributed by atoms with Crippen molar-refractivity contribution in [2.24, 2.45) is 0 Å². The number of aliphatic carboxylic acids is 1. The molecule has 6 heteroatoms. The lowest BCUT2D eigenvalue weighted by molar-refractivity contribution is -0.138. The predicted molar refractivity (Wildman–Crippen MR) is 95.7 cm³/mol. The molecule has 5 nitrogen and oxygen atoms in total. The molecule has 0 spiro atoms. The minimum absolute atomic E-state index is 0.0879. The molecule has 2 N–H and O–H groups in total. The molecule has 25 heavy (non-hydrogen) atoms. The van der Waals surface area contributed by atoms with Crippen molar-refractivity contribution in [1.82, 2.24) is 0 Å². The third-order valence-electron chi connectivity index (χ3n) is 4.47. The Hall–Kier alpha value is -2.65. The van der Waals surface area contributed by atoms with Crippen LogP contribution in [0.3, 0.4) is 0 Å². The van der Waals surface area contributed by atoms with E-state index in [4.69, 9.17) is 5.11 Å². The molecular formula is C19H18N2O3S. The largest absolute Gasteiger partial charge is 0.481 e. The molecular weight excluding hydrogens is 336 g/mol. The van der Waals surface area contributed by atoms with Gasteiger partial charge in [0.2, 0.25) is 5.91 Å². The summed E-state index contributed by atoms with van der Waals surface area (Å²) < 4.78 is 0. The summed E-state index contributed by atoms with van der Waals surface area (Å²) >= 11 is 1.45. The molecule has 1 atom stereocenters. The van der Waals surface area contributed by atoms with Crippen LogP contribution in [-0.2, 0) is 22.4 Å². The van der Waals surface area contributed by atoms with Crippen molar-refractivity contribution >= 4 is 28.2 Å². The van der Waals surface area contributed by atoms with E-state index in [1.807, 2.05) is 18.2 Å². The van der Waals surface area contributed by atoms with E-state index in [-0.39, 0.29) is 18.7 Å². The second-order valence-electron chi connectivity index (χ2n) is 6.11. The van der Waals surface area contributed by atoms with Crippen LogP contribution in [0.25, 0.3) is 0 Å². The zero-order valence-corrected chi connectivity index (χ0v) is 14.4. The number of carboxylic acid groups (broad SMARTS) is 1. The molecule has 0 radical (unpaired) electrons. The fourth-order valence-electron chi connectivity index (χ4n) is 3.21. The van der Waals surface area contributed by atoms with Crippen LogP contribution in [0.5, 0.6) is 0 Å². The van der Waals surface area contributed by atoms with Crippen LogP contribution in [0.1, 0.15) is 46.7 Å². The summed E-state index contributed by atoms with van der Waals surface area (Å²) in [6, 6.07) is 12.5. The van der Waals surface area contributed by atoms with Crippen LogP contribution < -0.4 is 5.32 Å². The quantitative estimate of drug-likeness (QED) is 0.857. The van der Waals surface area contributed by atoms with Crippen LogP contribution >= 0.6 is 11.3 Å². The average Bonchev–Trinajstić information content (AvgIpc) is 2.96. The number of carboxylic acids is 1. The Bertz CT molecular complexity index is 836. The SMILES string of the molecule is N#Cc1c(NC(=O)CCC(=O)O)sc2c1CC[C@@H](c1ccccc1)C2. The van der Waals surface area contributed by atoms with E-state index in [0.29, 0.717) is 16.5 Å². The number of hydrogen-bond donors (Lipinski definition) is 2. The van der Waals surface area contributed by atoms with Crippen molar-refractivity contribution in [2.75, 3.05) is 5.32 Å². The van der Waals surface area contributed by atoms with Gasteiger partial charge in [-0.05, 0) is 36.3 Å². The highest BCUT2D eigenvalue weighted by molar-refractivity contribution is 7.16. The standard InChI is InChI=1S/C19H18N2O3S/c20-11-15-14-7-6-13(12-4-2-1-3-5-12)10-16(14)25-19(15)21-17(22)8-9-18(23)24/h1-5,13H,6-10H2,(H,21,22)(H,23,24)/t13-/m1/s1. The van der Waals surface area contributed by atoms with E-state index in [1.54, 1.807) is 0 Å². The van der Waals surface area contributed by atoms with Crippen LogP contribution in [0.15, 0.2) is 30.3 Å². The summed E-state index contributed by atoms with van der Waals surface area (Å²) in [5.74, 6) is -0.946. The van der Waals surface area contributed by atoms with E-state index in [0.717, 1.165) is 29.7 Å². The molecule has 2 aromatic rings. The molecule has 128 valence electrons. The number of anilines is 1. The van der Waals surface area contributed by atoms with Gasteiger partial charge < -0.3 is 10.4 Å². The maximum Gasteiger partial charge on any atom is 0.303 e. The van der Waals surface area contributed by atoms with Crippen LogP contribution in [0, 0.1) is 11.3 Å². The molecule has 0 fully saturated rings. The van der Waals surface area contributed by atoms with Gasteiger partial charge in [-0.1, -0.05) is 30.3 Å². The second-order valence-corrected chi connectivity index (χ2v) is 7.22. The monoisotopic (exact) mass is 354 g/mol. The summed E-state index contributed by atoms with van der Waals surface area (Å²) in [7, 11) is 0. The van der Waals surface area contributed by atoms with Gasteiger partial charge in [0.15, 0.2) is 0 Å². The lowest BCUT2D eigenvalue weighted by atomic mass is 9.83. The molecule has 0 saturated carbocycles. The second kappa shape index (κ2) is 7.49. The van der Waals surface area contributed by atoms with E-state index in [9.17, 15) is 14.9 Å². The normalized spacial score (nSPS) is 15.9. The molecule has 0 saturated heterocycles. The minimum Gasteiger partial charge on any atom is -0.481 e. The third-order valence-corrected chi connectivity index (χ3v) is 5.64. The highest BCUT2D eigenvalue weighted by atomic mass is 32.1. The van der Waals surface area contributed by atoms with Crippen LogP contribution in [0.2, 0.25) is 0 Å². The molecule has 1 amide bonds. The minimum atomic E-state index is -1.01. The van der Waals surface area contributed by atoms with Crippen molar-refractivity contribution in [2.45, 2.75) is 38.0 Å². The van der Waals surface area contributed by atoms with Gasteiger partial charge in [-0.25, -0.2) is 0 Å². The Balaban J connectivity index is 1.78. The van der Waals surface area contributed by atoms with Gasteiger partial charge in [0.25, 0.3) is 0 Å². The van der Waals surface area contributed by atoms with Gasteiger partial charge >= 0.3 is 5.97 Å². The number of rotatable bonds is 5. The zero-order valence-electron chi connectivity index (χ0n) is 13.6. The number of nitrogens with one attached hydrogen (secondary N) is 1. The molecule has 0 bridgehead atoms. The molecule has 1 heterocycles. The maximum absolute atomic E-state index is 11.9. The van der Waals surface area contributed by atoms with Crippen molar-refractivity contribution in [1.29, 1.82) is 5.26 Å². The number of nitriles is 1. The first kappa shape index (κ1) is 17.2. The first-order valence-electron chi connectivity index (χ1n) is 8.19. The van der Waals surface area contributed by atoms with Gasteiger partial charge in [0.1, 0.15) is 11.1 Å². The number of carbonyl (C=O) groups is 2. The molecule has 1 aliphatic rings. The van der Waals surface area contributed by atoms with Crippen molar-refractivity contribution in [3.8, 4) is 6.07 Å². The Morgan fingerprint density at radius 2 is 2.04 bits per heavy atom. The topological polar surface area (TPSA) is 90.2 Å². The Labute approximate surface area is 149 Å². The van der Waals surface area contributed by atoms with Gasteiger partial charge in [0, 0.05) is 11.3 Å². The van der Waals surface area contributed by atoms with E-state index >= 15 is 0 Å². The third kappa shape index (κ3) is 3.89. The number of hydrogen-bond acceptors (Lipinski definition) is 4. The lowest BCUT2D eigenvalue weighted by Crippen LogP contribution is -2.13. The van der Waals surface area contributed by atoms with Crippen molar-refractivity contribution < 1.29 is 14.7 Å². The molecule has 0 aliphatic heterocycles. The zero-order chi connectivity index (χ0) is 17.8. The van der Waals surface area contributed by atoms with Crippen LogP contribution in [-0.4, -0.2) is 17.0 Å². The average molecular weight is 354 g/mol. The molecule has 0 unspecified atom stereocenters. The fourth-order valence-corrected chi connectivity index (χ4v) is 4.51. The molecule has 1 aromatic heterocycles. The molecule has 1 aliphatic carbocycles. The maximum atomic E-state index is 11.9. The lowest BCUT2D eigenvalue weighted by Gasteiger charge is -2.22. The first-order chi connectivity index (χ1) is 12.1. The number of benzene rings is 1. The Morgan fingerprint density at radius 3 is 2.72 bits per heavy atom. The number of fused-ring (bicyclic) bond motifs is 1. The van der Waals surface area contributed by atoms with E-state index in [1.165, 1.54) is 16.9 Å². The van der Waals surface area contributed by atoms with Crippen LogP contribution in [0.4, 0.5) is 5.00 Å². The number of nitrogens with zero attached hydrogens (tertiary/aromatic N) is 1. The summed E-state index contributed by atoms with van der Waals surface area (Å²) in [4.78, 5) is 23.6. The molecule has 3 rings (SSSR count). The molecule has 1 aromatic carbocycles. The van der Waals surface area contributed by atoms with Gasteiger partial charge in [-0.3, -0.25) is 9.59 Å². The number of carbonyl (C=O) groups excluding carboxylic acids is 1. The fraction of sp³-hybridized carbons (Fsp3) is 0.316. The Kier molecular flexibility index (Phi) is 5.15. The smallest absolute Gasteiger partial charge is 0.303 e. The predicted octanol–water partition coefficient (Wildman–Crippen LogP) is 3.70. The highest BCUT2D eigenvalue weighted by Gasteiger charge is 2.27. The van der Waals surface area contributed by atoms with Crippen molar-refractivity contribution in [3.63, 3.8) is 0 Å². The highest BCUT2D eigenvalue weighted by Crippen LogP contribution is 2.42. The van der Waals surface area contributed by atoms with Gasteiger partial charge in [-0.2, -0.15) is 5.26 Å². The van der Waals surface area contributed by atoms with Gasteiger partial charge in [0.05, 0.1) is 12.0 Å². The van der Waals surface area contributed by atoms with Gasteiger partial charge in [-0.15, -0.1) is 11.3 Å². The van der Waals surface area contributed by atoms with Crippen molar-refractivity contribution in [3.05, 3.63) is 51.9 Å². The van der Waals surface area contributed by atoms with E-state index in [2.05, 4.69) is 23.5 Å². The Morgan fingerprint density at radius 1 is 1.28 bits per heavy atom. The number of amides is 1. The summed E-state index contributed by atoms with van der Waals surface area (Å²) in [5.41, 5.74) is 2.87. The summed E-state index contributed by atoms with van der Waals surface area (Å²) in [6.07, 6.45) is 2.36. The van der Waals surface area contributed by atoms with E-state index < -0.39 is 5.97 Å². The number of thiophene rings is 1. The summed E-state index contributed by atoms with van der Waals surface area (Å²) in [5, 5.41) is 21.4. The summed E-state index contributed by atoms with van der Waals surface area (Å²) in [6.45, 7) is 0. The first-order valence-corrected chi connectivity index (χ1v) is 9.01.